The lowest BCUT2D eigenvalue weighted by atomic mass is 10.2. The molecule has 0 aliphatic carbocycles. The molecule has 0 fully saturated rings. The van der Waals surface area contributed by atoms with E-state index in [1.807, 2.05) is 6.07 Å². The van der Waals surface area contributed by atoms with Crippen molar-refractivity contribution in [2.24, 2.45) is 5.10 Å². The number of carbonyl (C=O) groups is 2. The lowest BCUT2D eigenvalue weighted by Crippen LogP contribution is -2.20. The Balaban J connectivity index is 1.75. The molecule has 0 radical (unpaired) electrons. The lowest BCUT2D eigenvalue weighted by Gasteiger charge is -2.05. The fourth-order valence-corrected chi connectivity index (χ4v) is 2.20. The number of amides is 2. The summed E-state index contributed by atoms with van der Waals surface area (Å²) in [5, 5.41) is 7.55. The standard InChI is InChI=1S/C17H15Cl2N3O2/c18-13-5-3-6-14(10-13)21-16(23)8-9-17(24)22-20-11-12-4-1-2-7-15(12)19/h1-7,10-11H,8-9H2,(H,21,23)(H,22,24)/b20-11+. The molecule has 7 heteroatoms. The summed E-state index contributed by atoms with van der Waals surface area (Å²) in [5.41, 5.74) is 3.64. The Bertz CT molecular complexity index is 763. The van der Waals surface area contributed by atoms with E-state index in [1.54, 1.807) is 42.5 Å². The first-order chi connectivity index (χ1) is 11.5. The fourth-order valence-electron chi connectivity index (χ4n) is 1.83. The second kappa shape index (κ2) is 9.05. The van der Waals surface area contributed by atoms with Gasteiger partial charge in [-0.25, -0.2) is 5.43 Å². The van der Waals surface area contributed by atoms with E-state index >= 15 is 0 Å². The molecule has 2 aromatic carbocycles. The third-order valence-corrected chi connectivity index (χ3v) is 3.56. The van der Waals surface area contributed by atoms with Crippen LogP contribution in [0.3, 0.4) is 0 Å². The quantitative estimate of drug-likeness (QED) is 0.604. The van der Waals surface area contributed by atoms with E-state index in [4.69, 9.17) is 23.2 Å². The molecule has 0 unspecified atom stereocenters. The van der Waals surface area contributed by atoms with Crippen molar-refractivity contribution < 1.29 is 9.59 Å². The number of halogens is 2. The van der Waals surface area contributed by atoms with Crippen molar-refractivity contribution in [3.8, 4) is 0 Å². The average Bonchev–Trinajstić information content (AvgIpc) is 2.55. The molecule has 0 heterocycles. The zero-order valence-electron chi connectivity index (χ0n) is 12.6. The summed E-state index contributed by atoms with van der Waals surface area (Å²) in [7, 11) is 0. The molecule has 2 aromatic rings. The number of benzene rings is 2. The maximum absolute atomic E-state index is 11.8. The predicted molar refractivity (Wildman–Crippen MR) is 96.5 cm³/mol. The molecule has 0 aromatic heterocycles. The van der Waals surface area contributed by atoms with E-state index in [0.29, 0.717) is 21.3 Å². The molecule has 5 nitrogen and oxygen atoms in total. The van der Waals surface area contributed by atoms with Gasteiger partial charge < -0.3 is 5.32 Å². The Morgan fingerprint density at radius 2 is 1.75 bits per heavy atom. The molecule has 2 N–H and O–H groups in total. The number of hydrazone groups is 1. The van der Waals surface area contributed by atoms with Gasteiger partial charge in [-0.05, 0) is 24.3 Å². The van der Waals surface area contributed by atoms with Crippen LogP contribution in [-0.4, -0.2) is 18.0 Å². The molecular weight excluding hydrogens is 349 g/mol. The van der Waals surface area contributed by atoms with Gasteiger partial charge in [0.2, 0.25) is 11.8 Å². The molecule has 124 valence electrons. The summed E-state index contributed by atoms with van der Waals surface area (Å²) >= 11 is 11.8. The van der Waals surface area contributed by atoms with Crippen LogP contribution in [-0.2, 0) is 9.59 Å². The molecule has 0 aliphatic rings. The summed E-state index contributed by atoms with van der Waals surface area (Å²) in [6.07, 6.45) is 1.51. The van der Waals surface area contributed by atoms with Crippen molar-refractivity contribution in [1.29, 1.82) is 0 Å². The average molecular weight is 364 g/mol. The van der Waals surface area contributed by atoms with Gasteiger partial charge >= 0.3 is 0 Å². The lowest BCUT2D eigenvalue weighted by molar-refractivity contribution is -0.124. The number of hydrogen-bond acceptors (Lipinski definition) is 3. The van der Waals surface area contributed by atoms with Crippen molar-refractivity contribution >= 4 is 46.9 Å². The third-order valence-electron chi connectivity index (χ3n) is 2.99. The van der Waals surface area contributed by atoms with Crippen LogP contribution in [0.4, 0.5) is 5.69 Å². The number of nitrogens with one attached hydrogen (secondary N) is 2. The van der Waals surface area contributed by atoms with Gasteiger partial charge in [0, 0.05) is 34.1 Å². The highest BCUT2D eigenvalue weighted by Gasteiger charge is 2.07. The zero-order chi connectivity index (χ0) is 17.4. The Labute approximate surface area is 149 Å². The first-order valence-corrected chi connectivity index (χ1v) is 7.92. The van der Waals surface area contributed by atoms with E-state index in [9.17, 15) is 9.59 Å². The van der Waals surface area contributed by atoms with Crippen LogP contribution in [0.2, 0.25) is 10.0 Å². The van der Waals surface area contributed by atoms with Gasteiger partial charge in [0.25, 0.3) is 0 Å². The van der Waals surface area contributed by atoms with Crippen LogP contribution in [0, 0.1) is 0 Å². The van der Waals surface area contributed by atoms with Gasteiger partial charge in [0.05, 0.1) is 6.21 Å². The van der Waals surface area contributed by atoms with Gasteiger partial charge in [-0.2, -0.15) is 5.10 Å². The van der Waals surface area contributed by atoms with Gasteiger partial charge in [-0.15, -0.1) is 0 Å². The fraction of sp³-hybridized carbons (Fsp3) is 0.118. The largest absolute Gasteiger partial charge is 0.326 e. The Kier molecular flexibility index (Phi) is 6.78. The minimum absolute atomic E-state index is 0.0201. The molecule has 0 aliphatic heterocycles. The SMILES string of the molecule is O=C(CCC(=O)Nc1cccc(Cl)c1)N/N=C/c1ccccc1Cl. The Hall–Kier alpha value is -2.37. The van der Waals surface area contributed by atoms with Crippen molar-refractivity contribution in [3.63, 3.8) is 0 Å². The molecular formula is C17H15Cl2N3O2. The first-order valence-electron chi connectivity index (χ1n) is 7.16. The van der Waals surface area contributed by atoms with Crippen LogP contribution in [0.1, 0.15) is 18.4 Å². The molecule has 24 heavy (non-hydrogen) atoms. The van der Waals surface area contributed by atoms with E-state index in [1.165, 1.54) is 6.21 Å². The van der Waals surface area contributed by atoms with Crippen molar-refractivity contribution in [1.82, 2.24) is 5.43 Å². The third kappa shape index (κ3) is 6.02. The van der Waals surface area contributed by atoms with Crippen LogP contribution in [0.15, 0.2) is 53.6 Å². The van der Waals surface area contributed by atoms with E-state index < -0.39 is 0 Å². The maximum atomic E-state index is 11.8. The molecule has 0 bridgehead atoms. The molecule has 2 amide bonds. The second-order valence-electron chi connectivity index (χ2n) is 4.87. The molecule has 2 rings (SSSR count). The van der Waals surface area contributed by atoms with Gasteiger partial charge in [0.1, 0.15) is 0 Å². The van der Waals surface area contributed by atoms with Crippen LogP contribution >= 0.6 is 23.2 Å². The predicted octanol–water partition coefficient (Wildman–Crippen LogP) is 3.86. The highest BCUT2D eigenvalue weighted by molar-refractivity contribution is 6.33. The van der Waals surface area contributed by atoms with E-state index in [2.05, 4.69) is 15.8 Å². The second-order valence-corrected chi connectivity index (χ2v) is 5.72. The summed E-state index contributed by atoms with van der Waals surface area (Å²) < 4.78 is 0. The van der Waals surface area contributed by atoms with Crippen molar-refractivity contribution in [2.75, 3.05) is 5.32 Å². The van der Waals surface area contributed by atoms with Crippen molar-refractivity contribution in [2.45, 2.75) is 12.8 Å². The van der Waals surface area contributed by atoms with E-state index in [-0.39, 0.29) is 24.7 Å². The van der Waals surface area contributed by atoms with Crippen LogP contribution in [0.25, 0.3) is 0 Å². The molecule has 0 atom stereocenters. The first kappa shape index (κ1) is 18.0. The number of nitrogens with zero attached hydrogens (tertiary/aromatic N) is 1. The maximum Gasteiger partial charge on any atom is 0.240 e. The topological polar surface area (TPSA) is 70.6 Å². The van der Waals surface area contributed by atoms with Crippen molar-refractivity contribution in [3.05, 3.63) is 64.1 Å². The van der Waals surface area contributed by atoms with Crippen LogP contribution < -0.4 is 10.7 Å². The Morgan fingerprint density at radius 3 is 2.50 bits per heavy atom. The molecule has 0 saturated heterocycles. The smallest absolute Gasteiger partial charge is 0.240 e. The minimum atomic E-state index is -0.362. The zero-order valence-corrected chi connectivity index (χ0v) is 14.1. The summed E-state index contributed by atoms with van der Waals surface area (Å²) in [6.45, 7) is 0. The van der Waals surface area contributed by atoms with Gasteiger partial charge in [-0.3, -0.25) is 9.59 Å². The van der Waals surface area contributed by atoms with Gasteiger partial charge in [-0.1, -0.05) is 47.5 Å². The summed E-state index contributed by atoms with van der Waals surface area (Å²) in [5.74, 6) is -0.637. The monoisotopic (exact) mass is 363 g/mol. The van der Waals surface area contributed by atoms with Crippen LogP contribution in [0.5, 0.6) is 0 Å². The number of hydrogen-bond donors (Lipinski definition) is 2. The highest BCUT2D eigenvalue weighted by Crippen LogP contribution is 2.15. The highest BCUT2D eigenvalue weighted by atomic mass is 35.5. The normalized spacial score (nSPS) is 10.6. The van der Waals surface area contributed by atoms with Gasteiger partial charge in [0.15, 0.2) is 0 Å². The van der Waals surface area contributed by atoms with E-state index in [0.717, 1.165) is 0 Å². The minimum Gasteiger partial charge on any atom is -0.326 e. The molecule has 0 spiro atoms. The Morgan fingerprint density at radius 1 is 1.00 bits per heavy atom. The number of rotatable bonds is 6. The number of anilines is 1. The number of carbonyl (C=O) groups excluding carboxylic acids is 2. The summed E-state index contributed by atoms with van der Waals surface area (Å²) in [4.78, 5) is 23.4. The molecule has 0 saturated carbocycles. The summed E-state index contributed by atoms with van der Waals surface area (Å²) in [6, 6.07) is 13.9.